The minimum Gasteiger partial charge on any atom is -0.326 e. The van der Waals surface area contributed by atoms with Gasteiger partial charge in [-0.3, -0.25) is 0 Å². The van der Waals surface area contributed by atoms with E-state index in [9.17, 15) is 0 Å². The van der Waals surface area contributed by atoms with E-state index >= 15 is 0 Å². The van der Waals surface area contributed by atoms with Crippen LogP contribution in [-0.4, -0.2) is 0 Å². The van der Waals surface area contributed by atoms with Gasteiger partial charge < -0.3 is 5.73 Å². The monoisotopic (exact) mass is 161 g/mol. The number of rotatable bonds is 2. The third kappa shape index (κ3) is 1.37. The van der Waals surface area contributed by atoms with Crippen LogP contribution in [0, 0.1) is 0 Å². The maximum absolute atomic E-state index is 5.58. The molecule has 0 spiro atoms. The molecule has 1 saturated carbocycles. The molecule has 0 aromatic heterocycles. The summed E-state index contributed by atoms with van der Waals surface area (Å²) in [5, 5.41) is 0. The van der Waals surface area contributed by atoms with Crippen molar-refractivity contribution in [2.75, 3.05) is 0 Å². The molecular weight excluding hydrogens is 146 g/mol. The lowest BCUT2D eigenvalue weighted by Crippen LogP contribution is -2.09. The van der Waals surface area contributed by atoms with Crippen LogP contribution in [0.15, 0.2) is 24.3 Å². The van der Waals surface area contributed by atoms with E-state index in [4.69, 9.17) is 5.73 Å². The van der Waals surface area contributed by atoms with E-state index in [1.165, 1.54) is 30.4 Å². The molecule has 1 heteroatoms. The summed E-state index contributed by atoms with van der Waals surface area (Å²) < 4.78 is 0. The lowest BCUT2D eigenvalue weighted by molar-refractivity contribution is 0.419. The number of benzene rings is 1. The maximum atomic E-state index is 5.58. The minimum absolute atomic E-state index is 0.667. The second-order valence-electron chi connectivity index (χ2n) is 3.58. The molecule has 2 rings (SSSR count). The normalized spacial score (nSPS) is 17.4. The van der Waals surface area contributed by atoms with Crippen molar-refractivity contribution in [2.45, 2.75) is 31.7 Å². The summed E-state index contributed by atoms with van der Waals surface area (Å²) in [6.07, 6.45) is 4.14. The van der Waals surface area contributed by atoms with Gasteiger partial charge in [0.15, 0.2) is 0 Å². The van der Waals surface area contributed by atoms with E-state index in [1.54, 1.807) is 0 Å². The van der Waals surface area contributed by atoms with Crippen molar-refractivity contribution in [3.8, 4) is 0 Å². The largest absolute Gasteiger partial charge is 0.326 e. The van der Waals surface area contributed by atoms with E-state index in [-0.39, 0.29) is 0 Å². The van der Waals surface area contributed by atoms with Crippen LogP contribution in [0.4, 0.5) is 0 Å². The van der Waals surface area contributed by atoms with Gasteiger partial charge in [0.1, 0.15) is 0 Å². The Morgan fingerprint density at radius 3 is 2.75 bits per heavy atom. The second-order valence-corrected chi connectivity index (χ2v) is 3.58. The van der Waals surface area contributed by atoms with Crippen molar-refractivity contribution in [3.05, 3.63) is 35.4 Å². The topological polar surface area (TPSA) is 26.0 Å². The van der Waals surface area contributed by atoms with Gasteiger partial charge in [-0.05, 0) is 29.9 Å². The zero-order chi connectivity index (χ0) is 8.39. The highest BCUT2D eigenvalue weighted by Crippen LogP contribution is 2.36. The lowest BCUT2D eigenvalue weighted by atomic mass is 9.80. The molecule has 0 bridgehead atoms. The molecular formula is C11H15N. The Bertz CT molecular complexity index is 263. The van der Waals surface area contributed by atoms with E-state index < -0.39 is 0 Å². The molecule has 0 atom stereocenters. The first kappa shape index (κ1) is 7.81. The van der Waals surface area contributed by atoms with Gasteiger partial charge in [-0.2, -0.15) is 0 Å². The highest BCUT2D eigenvalue weighted by molar-refractivity contribution is 5.27. The van der Waals surface area contributed by atoms with Gasteiger partial charge >= 0.3 is 0 Å². The van der Waals surface area contributed by atoms with Crippen LogP contribution in [-0.2, 0) is 6.54 Å². The molecule has 0 radical (unpaired) electrons. The highest BCUT2D eigenvalue weighted by Gasteiger charge is 2.18. The average Bonchev–Trinajstić information content (AvgIpc) is 2.02. The van der Waals surface area contributed by atoms with Gasteiger partial charge in [-0.25, -0.2) is 0 Å². The standard InChI is InChI=1S/C11H15N/c12-8-9-3-1-6-11(7-9)10-4-2-5-10/h1,3,6-7,10H,2,4-5,8,12H2. The van der Waals surface area contributed by atoms with Crippen molar-refractivity contribution < 1.29 is 0 Å². The molecule has 2 N–H and O–H groups in total. The Morgan fingerprint density at radius 2 is 2.17 bits per heavy atom. The molecule has 1 aliphatic carbocycles. The molecule has 1 fully saturated rings. The fourth-order valence-electron chi connectivity index (χ4n) is 1.72. The maximum Gasteiger partial charge on any atom is 0.0178 e. The quantitative estimate of drug-likeness (QED) is 0.708. The summed E-state index contributed by atoms with van der Waals surface area (Å²) in [7, 11) is 0. The number of hydrogen-bond acceptors (Lipinski definition) is 1. The van der Waals surface area contributed by atoms with E-state index in [0.717, 1.165) is 5.92 Å². The van der Waals surface area contributed by atoms with Crippen molar-refractivity contribution in [1.29, 1.82) is 0 Å². The average molecular weight is 161 g/mol. The number of hydrogen-bond donors (Lipinski definition) is 1. The molecule has 0 saturated heterocycles. The fourth-order valence-corrected chi connectivity index (χ4v) is 1.72. The van der Waals surface area contributed by atoms with Crippen LogP contribution >= 0.6 is 0 Å². The molecule has 12 heavy (non-hydrogen) atoms. The molecule has 1 nitrogen and oxygen atoms in total. The van der Waals surface area contributed by atoms with Crippen LogP contribution in [0.2, 0.25) is 0 Å². The SMILES string of the molecule is NCc1cccc(C2CCC2)c1. The molecule has 0 aliphatic heterocycles. The number of nitrogens with two attached hydrogens (primary N) is 1. The molecule has 1 aromatic rings. The summed E-state index contributed by atoms with van der Waals surface area (Å²) in [5.74, 6) is 0.830. The second kappa shape index (κ2) is 3.28. The molecule has 1 aromatic carbocycles. The first-order valence-corrected chi connectivity index (χ1v) is 4.69. The Labute approximate surface area is 73.6 Å². The Morgan fingerprint density at radius 1 is 1.33 bits per heavy atom. The zero-order valence-corrected chi connectivity index (χ0v) is 7.29. The summed E-state index contributed by atoms with van der Waals surface area (Å²) in [4.78, 5) is 0. The molecule has 64 valence electrons. The summed E-state index contributed by atoms with van der Waals surface area (Å²) in [6.45, 7) is 0.667. The summed E-state index contributed by atoms with van der Waals surface area (Å²) in [6, 6.07) is 8.70. The Kier molecular flexibility index (Phi) is 2.13. The Hall–Kier alpha value is -0.820. The van der Waals surface area contributed by atoms with Crippen LogP contribution in [0.3, 0.4) is 0 Å². The minimum atomic E-state index is 0.667. The van der Waals surface area contributed by atoms with Gasteiger partial charge in [-0.1, -0.05) is 30.7 Å². The first-order valence-electron chi connectivity index (χ1n) is 4.69. The van der Waals surface area contributed by atoms with Crippen LogP contribution in [0.1, 0.15) is 36.3 Å². The van der Waals surface area contributed by atoms with Crippen molar-refractivity contribution in [1.82, 2.24) is 0 Å². The van der Waals surface area contributed by atoms with Gasteiger partial charge in [0.05, 0.1) is 0 Å². The van der Waals surface area contributed by atoms with Gasteiger partial charge in [0.2, 0.25) is 0 Å². The van der Waals surface area contributed by atoms with Crippen LogP contribution < -0.4 is 5.73 Å². The molecule has 0 amide bonds. The van der Waals surface area contributed by atoms with E-state index in [0.29, 0.717) is 6.54 Å². The third-order valence-electron chi connectivity index (χ3n) is 2.76. The fraction of sp³-hybridized carbons (Fsp3) is 0.455. The van der Waals surface area contributed by atoms with Gasteiger partial charge in [-0.15, -0.1) is 0 Å². The predicted molar refractivity (Wildman–Crippen MR) is 50.9 cm³/mol. The predicted octanol–water partition coefficient (Wildman–Crippen LogP) is 2.41. The van der Waals surface area contributed by atoms with E-state index in [1.807, 2.05) is 0 Å². The molecule has 0 unspecified atom stereocenters. The first-order chi connectivity index (χ1) is 5.90. The van der Waals surface area contributed by atoms with Crippen molar-refractivity contribution in [3.63, 3.8) is 0 Å². The molecule has 1 aliphatic rings. The smallest absolute Gasteiger partial charge is 0.0178 e. The van der Waals surface area contributed by atoms with E-state index in [2.05, 4.69) is 24.3 Å². The zero-order valence-electron chi connectivity index (χ0n) is 7.29. The highest BCUT2D eigenvalue weighted by atomic mass is 14.5. The Balaban J connectivity index is 2.19. The summed E-state index contributed by atoms with van der Waals surface area (Å²) >= 11 is 0. The van der Waals surface area contributed by atoms with Crippen LogP contribution in [0.5, 0.6) is 0 Å². The third-order valence-corrected chi connectivity index (χ3v) is 2.76. The summed E-state index contributed by atoms with van der Waals surface area (Å²) in [5.41, 5.74) is 8.33. The van der Waals surface area contributed by atoms with Crippen molar-refractivity contribution in [2.24, 2.45) is 5.73 Å². The molecule has 0 heterocycles. The van der Waals surface area contributed by atoms with Gasteiger partial charge in [0, 0.05) is 6.54 Å². The lowest BCUT2D eigenvalue weighted by Gasteiger charge is -2.26. The van der Waals surface area contributed by atoms with Gasteiger partial charge in [0.25, 0.3) is 0 Å². The van der Waals surface area contributed by atoms with Crippen molar-refractivity contribution >= 4 is 0 Å². The van der Waals surface area contributed by atoms with Crippen LogP contribution in [0.25, 0.3) is 0 Å².